The quantitative estimate of drug-likeness (QED) is 0.193. The summed E-state index contributed by atoms with van der Waals surface area (Å²) in [5.41, 5.74) is 0.566. The highest BCUT2D eigenvalue weighted by molar-refractivity contribution is 7.89. The lowest BCUT2D eigenvalue weighted by Gasteiger charge is -2.44. The van der Waals surface area contributed by atoms with Crippen molar-refractivity contribution < 1.29 is 51.3 Å². The standard InChI is InChI=1S/C34H50N4O11S/c1-19(2)12-27(39)45-18-26-31(47-28(40)13-20(3)4)32(48-29(41)14-21(5)6)33(49-30(42)15-22(7)8)34(46-26)38-17-25(36-37-38)23-10-9-11-24(16-23)50(35,43)44/h9-11,16-17,19-22,26,31-34H,12-15,18H2,1-8H3,(H2,35,43,44)/t26-,31-,32+,33-,34-/m1/s1. The Morgan fingerprint density at radius 3 is 1.80 bits per heavy atom. The molecule has 0 radical (unpaired) electrons. The van der Waals surface area contributed by atoms with Crippen LogP contribution in [0.3, 0.4) is 0 Å². The van der Waals surface area contributed by atoms with Crippen LogP contribution in [0.25, 0.3) is 11.3 Å². The summed E-state index contributed by atoms with van der Waals surface area (Å²) >= 11 is 0. The van der Waals surface area contributed by atoms with Crippen LogP contribution < -0.4 is 5.14 Å². The van der Waals surface area contributed by atoms with Crippen LogP contribution in [0, 0.1) is 23.7 Å². The van der Waals surface area contributed by atoms with E-state index in [1.165, 1.54) is 29.1 Å². The second kappa shape index (κ2) is 17.9. The molecular weight excluding hydrogens is 672 g/mol. The molecule has 0 unspecified atom stereocenters. The lowest BCUT2D eigenvalue weighted by atomic mass is 9.96. The van der Waals surface area contributed by atoms with Gasteiger partial charge in [0.2, 0.25) is 10.0 Å². The summed E-state index contributed by atoms with van der Waals surface area (Å²) < 4.78 is 55.1. The molecule has 278 valence electrons. The number of carbonyl (C=O) groups is 4. The van der Waals surface area contributed by atoms with E-state index in [0.717, 1.165) is 0 Å². The van der Waals surface area contributed by atoms with Crippen LogP contribution in [-0.2, 0) is 52.9 Å². The molecule has 15 nitrogen and oxygen atoms in total. The fourth-order valence-corrected chi connectivity index (χ4v) is 5.74. The zero-order valence-corrected chi connectivity index (χ0v) is 30.8. The average Bonchev–Trinajstić information content (AvgIpc) is 3.46. The van der Waals surface area contributed by atoms with Crippen molar-refractivity contribution in [3.63, 3.8) is 0 Å². The zero-order chi connectivity index (χ0) is 37.3. The second-order valence-electron chi connectivity index (χ2n) is 14.2. The highest BCUT2D eigenvalue weighted by Crippen LogP contribution is 2.36. The molecule has 0 spiro atoms. The topological polar surface area (TPSA) is 205 Å². The fourth-order valence-electron chi connectivity index (χ4n) is 5.18. The average molecular weight is 723 g/mol. The Morgan fingerprint density at radius 1 is 0.780 bits per heavy atom. The molecule has 0 amide bonds. The van der Waals surface area contributed by atoms with Gasteiger partial charge < -0.3 is 23.7 Å². The Balaban J connectivity index is 2.16. The predicted molar refractivity (Wildman–Crippen MR) is 179 cm³/mol. The first-order valence-electron chi connectivity index (χ1n) is 16.8. The smallest absolute Gasteiger partial charge is 0.306 e. The number of nitrogens with two attached hydrogens (primary N) is 1. The summed E-state index contributed by atoms with van der Waals surface area (Å²) in [6.07, 6.45) is -5.16. The molecular formula is C34H50N4O11S. The summed E-state index contributed by atoms with van der Waals surface area (Å²) in [6, 6.07) is 5.75. The molecule has 2 N–H and O–H groups in total. The molecule has 1 aromatic heterocycles. The van der Waals surface area contributed by atoms with Gasteiger partial charge in [-0.15, -0.1) is 5.10 Å². The molecule has 50 heavy (non-hydrogen) atoms. The number of aromatic nitrogens is 3. The molecule has 1 aliphatic heterocycles. The third kappa shape index (κ3) is 12.2. The monoisotopic (exact) mass is 722 g/mol. The van der Waals surface area contributed by atoms with Crippen molar-refractivity contribution in [3.8, 4) is 11.3 Å². The Morgan fingerprint density at radius 2 is 1.28 bits per heavy atom. The molecule has 0 bridgehead atoms. The van der Waals surface area contributed by atoms with Gasteiger partial charge in [-0.3, -0.25) is 19.2 Å². The first kappa shape index (κ1) is 40.5. The van der Waals surface area contributed by atoms with Crippen LogP contribution in [0.5, 0.6) is 0 Å². The third-order valence-corrected chi connectivity index (χ3v) is 8.26. The van der Waals surface area contributed by atoms with E-state index < -0.39 is 71.2 Å². The van der Waals surface area contributed by atoms with Crippen molar-refractivity contribution >= 4 is 33.9 Å². The number of hydrogen-bond donors (Lipinski definition) is 1. The predicted octanol–water partition coefficient (Wildman–Crippen LogP) is 3.95. The van der Waals surface area contributed by atoms with E-state index in [1.807, 2.05) is 55.4 Å². The van der Waals surface area contributed by atoms with Crippen LogP contribution >= 0.6 is 0 Å². The molecule has 5 atom stereocenters. The van der Waals surface area contributed by atoms with Crippen molar-refractivity contribution in [2.75, 3.05) is 6.61 Å². The summed E-state index contributed by atoms with van der Waals surface area (Å²) in [5, 5.41) is 13.7. The number of esters is 4. The van der Waals surface area contributed by atoms with Crippen molar-refractivity contribution in [3.05, 3.63) is 30.5 Å². The van der Waals surface area contributed by atoms with Gasteiger partial charge >= 0.3 is 23.9 Å². The highest BCUT2D eigenvalue weighted by atomic mass is 32.2. The first-order chi connectivity index (χ1) is 23.3. The maximum atomic E-state index is 13.3. The summed E-state index contributed by atoms with van der Waals surface area (Å²) in [6.45, 7) is 14.3. The van der Waals surface area contributed by atoms with Crippen LogP contribution in [0.4, 0.5) is 0 Å². The van der Waals surface area contributed by atoms with Gasteiger partial charge in [0.15, 0.2) is 24.5 Å². The van der Waals surface area contributed by atoms with Crippen LogP contribution in [0.15, 0.2) is 35.4 Å². The van der Waals surface area contributed by atoms with Gasteiger partial charge in [0.05, 0.1) is 11.1 Å². The Kier molecular flexibility index (Phi) is 14.5. The van der Waals surface area contributed by atoms with Crippen LogP contribution in [-0.4, -0.2) is 78.3 Å². The molecule has 1 fully saturated rings. The largest absolute Gasteiger partial charge is 0.463 e. The number of rotatable bonds is 16. The SMILES string of the molecule is CC(C)CC(=O)OC[C@H]1O[C@@H](n2cc(-c3cccc(S(N)(=O)=O)c3)nn2)[C@H](OC(=O)CC(C)C)[C@@H](OC(=O)CC(C)C)[C@@H]1OC(=O)CC(C)C. The summed E-state index contributed by atoms with van der Waals surface area (Å²) in [5.74, 6) is -2.70. The molecule has 1 aliphatic rings. The van der Waals surface area contributed by atoms with E-state index in [1.54, 1.807) is 6.07 Å². The van der Waals surface area contributed by atoms with Gasteiger partial charge in [0.1, 0.15) is 18.4 Å². The maximum absolute atomic E-state index is 13.3. The van der Waals surface area contributed by atoms with Gasteiger partial charge in [-0.2, -0.15) is 0 Å². The number of benzene rings is 1. The van der Waals surface area contributed by atoms with Gasteiger partial charge in [0.25, 0.3) is 0 Å². The maximum Gasteiger partial charge on any atom is 0.306 e. The normalized spacial score (nSPS) is 21.0. The van der Waals surface area contributed by atoms with Gasteiger partial charge in [-0.05, 0) is 35.8 Å². The minimum Gasteiger partial charge on any atom is -0.463 e. The van der Waals surface area contributed by atoms with E-state index in [-0.39, 0.29) is 59.9 Å². The lowest BCUT2D eigenvalue weighted by molar-refractivity contribution is -0.272. The fraction of sp³-hybridized carbons (Fsp3) is 0.647. The molecule has 2 heterocycles. The van der Waals surface area contributed by atoms with Gasteiger partial charge in [-0.25, -0.2) is 18.2 Å². The van der Waals surface area contributed by atoms with Crippen molar-refractivity contribution in [1.82, 2.24) is 15.0 Å². The molecule has 1 saturated heterocycles. The Hall–Kier alpha value is -3.89. The molecule has 0 saturated carbocycles. The zero-order valence-electron chi connectivity index (χ0n) is 29.9. The second-order valence-corrected chi connectivity index (χ2v) is 15.7. The molecule has 2 aromatic rings. The van der Waals surface area contributed by atoms with E-state index in [9.17, 15) is 27.6 Å². The number of hydrogen-bond acceptors (Lipinski definition) is 13. The van der Waals surface area contributed by atoms with Crippen molar-refractivity contribution in [2.45, 2.75) is 117 Å². The van der Waals surface area contributed by atoms with E-state index >= 15 is 0 Å². The van der Waals surface area contributed by atoms with Crippen molar-refractivity contribution in [2.24, 2.45) is 28.8 Å². The van der Waals surface area contributed by atoms with E-state index in [4.69, 9.17) is 28.8 Å². The third-order valence-electron chi connectivity index (χ3n) is 7.35. The molecule has 0 aliphatic carbocycles. The minimum atomic E-state index is -4.03. The number of sulfonamides is 1. The molecule has 3 rings (SSSR count). The molecule has 1 aromatic carbocycles. The number of ether oxygens (including phenoxy) is 5. The number of nitrogens with zero attached hydrogens (tertiary/aromatic N) is 3. The van der Waals surface area contributed by atoms with Crippen LogP contribution in [0.1, 0.15) is 87.3 Å². The summed E-state index contributed by atoms with van der Waals surface area (Å²) in [7, 11) is -4.03. The van der Waals surface area contributed by atoms with E-state index in [0.29, 0.717) is 5.56 Å². The van der Waals surface area contributed by atoms with Crippen molar-refractivity contribution in [1.29, 1.82) is 0 Å². The van der Waals surface area contributed by atoms with Gasteiger partial charge in [0, 0.05) is 31.2 Å². The van der Waals surface area contributed by atoms with E-state index in [2.05, 4.69) is 10.3 Å². The summed E-state index contributed by atoms with van der Waals surface area (Å²) in [4.78, 5) is 52.1. The van der Waals surface area contributed by atoms with Gasteiger partial charge in [-0.1, -0.05) is 72.7 Å². The first-order valence-corrected chi connectivity index (χ1v) is 18.3. The Bertz CT molecular complexity index is 1590. The Labute approximate surface area is 293 Å². The van der Waals surface area contributed by atoms with Crippen LogP contribution in [0.2, 0.25) is 0 Å². The number of carbonyl (C=O) groups excluding carboxylic acids is 4. The highest BCUT2D eigenvalue weighted by Gasteiger charge is 2.54. The molecule has 16 heteroatoms. The lowest BCUT2D eigenvalue weighted by Crippen LogP contribution is -2.61. The number of primary sulfonamides is 1. The minimum absolute atomic E-state index is 0.00185.